The van der Waals surface area contributed by atoms with Crippen molar-refractivity contribution < 1.29 is 56.8 Å². The van der Waals surface area contributed by atoms with Gasteiger partial charge in [0.15, 0.2) is 0 Å². The van der Waals surface area contributed by atoms with Crippen LogP contribution in [-0.4, -0.2) is 61.9 Å². The van der Waals surface area contributed by atoms with Crippen molar-refractivity contribution in [3.63, 3.8) is 0 Å². The summed E-state index contributed by atoms with van der Waals surface area (Å²) in [6, 6.07) is 17.1. The van der Waals surface area contributed by atoms with E-state index in [-0.39, 0.29) is 35.1 Å². The summed E-state index contributed by atoms with van der Waals surface area (Å²) in [6.45, 7) is 12.3. The maximum Gasteiger partial charge on any atom is 0.374 e. The molecule has 3 aromatic rings. The van der Waals surface area contributed by atoms with Crippen LogP contribution in [-0.2, 0) is 43.0 Å². The lowest BCUT2D eigenvalue weighted by Crippen LogP contribution is -2.45. The highest BCUT2D eigenvalue weighted by atomic mass is 19.1. The van der Waals surface area contributed by atoms with Gasteiger partial charge < -0.3 is 23.7 Å². The van der Waals surface area contributed by atoms with Crippen LogP contribution in [0.25, 0.3) is 22.3 Å². The summed E-state index contributed by atoms with van der Waals surface area (Å²) in [6.07, 6.45) is 9.45. The Kier molecular flexibility index (Phi) is 17.1. The third-order valence-electron chi connectivity index (χ3n) is 10.5. The average Bonchev–Trinajstić information content (AvgIpc) is 3.23. The van der Waals surface area contributed by atoms with Crippen molar-refractivity contribution in [1.82, 2.24) is 0 Å². The van der Waals surface area contributed by atoms with E-state index >= 15 is 4.39 Å². The van der Waals surface area contributed by atoms with Crippen LogP contribution in [0, 0.1) is 17.2 Å². The summed E-state index contributed by atoms with van der Waals surface area (Å²) < 4.78 is 43.3. The van der Waals surface area contributed by atoms with Gasteiger partial charge in [-0.2, -0.15) is 0 Å². The Morgan fingerprint density at radius 3 is 1.73 bits per heavy atom. The van der Waals surface area contributed by atoms with E-state index in [1.54, 1.807) is 54.6 Å². The molecule has 1 aliphatic carbocycles. The largest absolute Gasteiger partial charge is 0.493 e. The van der Waals surface area contributed by atoms with Crippen LogP contribution in [0.3, 0.4) is 0 Å². The number of carbonyl (C=O) groups is 6. The lowest BCUT2D eigenvalue weighted by molar-refractivity contribution is -0.168. The summed E-state index contributed by atoms with van der Waals surface area (Å²) in [4.78, 5) is 72.7. The number of benzene rings is 3. The van der Waals surface area contributed by atoms with Gasteiger partial charge in [0.2, 0.25) is 11.6 Å². The fraction of sp³-hybridized carbons (Fsp3) is 0.417. The van der Waals surface area contributed by atoms with Crippen LogP contribution >= 0.6 is 0 Å². The van der Waals surface area contributed by atoms with E-state index in [0.717, 1.165) is 51.0 Å². The van der Waals surface area contributed by atoms with Crippen LogP contribution in [0.15, 0.2) is 85.0 Å². The van der Waals surface area contributed by atoms with E-state index in [0.29, 0.717) is 28.2 Å². The molecule has 0 spiro atoms. The first kappa shape index (κ1) is 46.8. The summed E-state index contributed by atoms with van der Waals surface area (Å²) in [5.74, 6) is -4.46. The first-order valence-corrected chi connectivity index (χ1v) is 20.2. The van der Waals surface area contributed by atoms with Crippen LogP contribution in [0.2, 0.25) is 0 Å². The normalized spacial score (nSPS) is 15.0. The number of Topliss-reactive ketones (excluding diaryl/α,β-unsaturated/α-hetero) is 2. The lowest BCUT2D eigenvalue weighted by Gasteiger charge is -2.31. The number of hydrogen-bond acceptors (Lipinski definition) is 11. The topological polar surface area (TPSA) is 149 Å². The van der Waals surface area contributed by atoms with Gasteiger partial charge in [-0.1, -0.05) is 82.2 Å². The minimum Gasteiger partial charge on any atom is -0.493 e. The summed E-state index contributed by atoms with van der Waals surface area (Å²) in [5.41, 5.74) is 1.67. The molecule has 0 aliphatic heterocycles. The van der Waals surface area contributed by atoms with E-state index in [4.69, 9.17) is 23.7 Å². The first-order chi connectivity index (χ1) is 28.5. The lowest BCUT2D eigenvalue weighted by atomic mass is 9.77. The molecule has 3 aromatic carbocycles. The van der Waals surface area contributed by atoms with Crippen molar-refractivity contribution in [3.8, 4) is 33.8 Å². The molecule has 4 rings (SSSR count). The molecule has 320 valence electrons. The standard InChI is InChI=1S/C48H55FO11/c1-8-9-10-11-34-12-14-35(15-13-34)37-18-22-40(42(49)24-37)38-19-23-41(43(25-38)60-45(53)31(4)5)36-16-20-39(21-17-36)56-26-48(27-57-44(52)30(2)3,28-58-46(54)32(6)50)29-59-47(55)33(7)51/h16-25,34-35H,2,4,8-15,26-29H2,1,3,5-7H3. The summed E-state index contributed by atoms with van der Waals surface area (Å²) in [5, 5.41) is 0. The van der Waals surface area contributed by atoms with E-state index in [9.17, 15) is 28.8 Å². The quantitative estimate of drug-likeness (QED) is 0.0253. The molecule has 1 fully saturated rings. The van der Waals surface area contributed by atoms with Gasteiger partial charge in [-0.15, -0.1) is 0 Å². The van der Waals surface area contributed by atoms with Crippen LogP contribution in [0.4, 0.5) is 4.39 Å². The first-order valence-electron chi connectivity index (χ1n) is 20.2. The molecule has 11 nitrogen and oxygen atoms in total. The molecule has 0 aromatic heterocycles. The van der Waals surface area contributed by atoms with Gasteiger partial charge in [-0.25, -0.2) is 23.6 Å². The molecule has 12 heteroatoms. The molecule has 1 aliphatic rings. The summed E-state index contributed by atoms with van der Waals surface area (Å²) in [7, 11) is 0. The Hall–Kier alpha value is -5.91. The van der Waals surface area contributed by atoms with E-state index in [2.05, 4.69) is 20.1 Å². The van der Waals surface area contributed by atoms with E-state index in [1.807, 2.05) is 6.07 Å². The van der Waals surface area contributed by atoms with Crippen LogP contribution < -0.4 is 9.47 Å². The SMILES string of the molecule is C=C(C)C(=O)OCC(COC(=O)C(C)=O)(COC(=O)C(C)=O)COc1ccc(-c2ccc(-c3ccc(C4CCC(CCCCC)CC4)cc3F)cc2OC(=O)C(=C)C)cc1. The van der Waals surface area contributed by atoms with Gasteiger partial charge >= 0.3 is 23.9 Å². The predicted octanol–water partition coefficient (Wildman–Crippen LogP) is 9.24. The second-order valence-corrected chi connectivity index (χ2v) is 15.8. The number of halogens is 1. The monoisotopic (exact) mass is 826 g/mol. The Labute approximate surface area is 351 Å². The van der Waals surface area contributed by atoms with Gasteiger partial charge in [-0.05, 0) is 92.3 Å². The second-order valence-electron chi connectivity index (χ2n) is 15.8. The zero-order chi connectivity index (χ0) is 44.0. The molecular weight excluding hydrogens is 772 g/mol. The Bertz CT molecular complexity index is 2000. The molecule has 1 saturated carbocycles. The smallest absolute Gasteiger partial charge is 0.374 e. The highest BCUT2D eigenvalue weighted by Gasteiger charge is 2.38. The van der Waals surface area contributed by atoms with Gasteiger partial charge in [0.1, 0.15) is 49.2 Å². The fourth-order valence-electron chi connectivity index (χ4n) is 6.89. The number of unbranched alkanes of at least 4 members (excludes halogenated alkanes) is 2. The molecule has 0 amide bonds. The number of carbonyl (C=O) groups excluding carboxylic acids is 6. The van der Waals surface area contributed by atoms with Gasteiger partial charge in [0.05, 0.1) is 0 Å². The van der Waals surface area contributed by atoms with E-state index < -0.39 is 60.7 Å². The number of rotatable bonds is 21. The minimum atomic E-state index is -1.57. The van der Waals surface area contributed by atoms with Crippen LogP contribution in [0.5, 0.6) is 11.5 Å². The van der Waals surface area contributed by atoms with Gasteiger partial charge in [0, 0.05) is 36.1 Å². The number of ether oxygens (including phenoxy) is 5. The van der Waals surface area contributed by atoms with Crippen molar-refractivity contribution in [2.45, 2.75) is 91.9 Å². The molecule has 0 heterocycles. The van der Waals surface area contributed by atoms with Crippen molar-refractivity contribution in [2.24, 2.45) is 11.3 Å². The van der Waals surface area contributed by atoms with Crippen molar-refractivity contribution in [3.05, 3.63) is 96.3 Å². The number of hydrogen-bond donors (Lipinski definition) is 0. The Morgan fingerprint density at radius 1 is 0.650 bits per heavy atom. The number of ketones is 2. The maximum absolute atomic E-state index is 15.8. The molecule has 0 radical (unpaired) electrons. The van der Waals surface area contributed by atoms with Crippen molar-refractivity contribution in [1.29, 1.82) is 0 Å². The molecule has 0 N–H and O–H groups in total. The maximum atomic E-state index is 15.8. The molecule has 0 saturated heterocycles. The minimum absolute atomic E-state index is 0.0619. The van der Waals surface area contributed by atoms with Crippen molar-refractivity contribution in [2.75, 3.05) is 26.4 Å². The summed E-state index contributed by atoms with van der Waals surface area (Å²) >= 11 is 0. The van der Waals surface area contributed by atoms with Gasteiger partial charge in [0.25, 0.3) is 0 Å². The Morgan fingerprint density at radius 2 is 1.20 bits per heavy atom. The fourth-order valence-corrected chi connectivity index (χ4v) is 6.89. The molecule has 0 unspecified atom stereocenters. The molecular formula is C48H55FO11. The van der Waals surface area contributed by atoms with E-state index in [1.165, 1.54) is 39.5 Å². The van der Waals surface area contributed by atoms with Crippen molar-refractivity contribution >= 4 is 35.4 Å². The van der Waals surface area contributed by atoms with Crippen LogP contribution in [0.1, 0.15) is 97.5 Å². The average molecular weight is 827 g/mol. The number of esters is 4. The third-order valence-corrected chi connectivity index (χ3v) is 10.5. The highest BCUT2D eigenvalue weighted by molar-refractivity contribution is 6.32. The third kappa shape index (κ3) is 13.3. The van der Waals surface area contributed by atoms with Gasteiger partial charge in [-0.3, -0.25) is 9.59 Å². The second kappa shape index (κ2) is 21.9. The molecule has 60 heavy (non-hydrogen) atoms. The molecule has 0 bridgehead atoms. The molecule has 0 atom stereocenters. The predicted molar refractivity (Wildman–Crippen MR) is 224 cm³/mol. The zero-order valence-corrected chi connectivity index (χ0v) is 35.2. The highest BCUT2D eigenvalue weighted by Crippen LogP contribution is 2.40. The Balaban J connectivity index is 1.58. The zero-order valence-electron chi connectivity index (χ0n) is 35.2.